The van der Waals surface area contributed by atoms with Gasteiger partial charge in [-0.05, 0) is 35.6 Å². The molecule has 88 valence electrons. The maximum absolute atomic E-state index is 12.4. The van der Waals surface area contributed by atoms with E-state index in [4.69, 9.17) is 11.6 Å². The van der Waals surface area contributed by atoms with Crippen molar-refractivity contribution in [3.8, 4) is 0 Å². The molecule has 0 radical (unpaired) electrons. The Bertz CT molecular complexity index is 415. The SMILES string of the molecule is CCOC(=O)c1nc(C(F)F)cc(Cl)c1I. The highest BCUT2D eigenvalue weighted by molar-refractivity contribution is 14.1. The van der Waals surface area contributed by atoms with E-state index in [9.17, 15) is 13.6 Å². The van der Waals surface area contributed by atoms with Crippen LogP contribution in [0.4, 0.5) is 8.78 Å². The smallest absolute Gasteiger partial charge is 0.358 e. The summed E-state index contributed by atoms with van der Waals surface area (Å²) >= 11 is 7.48. The van der Waals surface area contributed by atoms with E-state index in [1.54, 1.807) is 29.5 Å². The van der Waals surface area contributed by atoms with Crippen LogP contribution >= 0.6 is 34.2 Å². The number of aromatic nitrogens is 1. The van der Waals surface area contributed by atoms with Gasteiger partial charge in [-0.25, -0.2) is 18.6 Å². The molecule has 0 fully saturated rings. The Morgan fingerprint density at radius 3 is 2.81 bits per heavy atom. The minimum atomic E-state index is -2.78. The third kappa shape index (κ3) is 3.00. The van der Waals surface area contributed by atoms with Gasteiger partial charge in [0, 0.05) is 0 Å². The van der Waals surface area contributed by atoms with Gasteiger partial charge in [-0.3, -0.25) is 0 Å². The van der Waals surface area contributed by atoms with Crippen molar-refractivity contribution in [1.82, 2.24) is 4.98 Å². The average molecular weight is 362 g/mol. The lowest BCUT2D eigenvalue weighted by Gasteiger charge is -2.07. The molecule has 0 aromatic carbocycles. The average Bonchev–Trinajstić information content (AvgIpc) is 2.21. The third-order valence-corrected chi connectivity index (χ3v) is 3.33. The Balaban J connectivity index is 3.21. The number of halogens is 4. The van der Waals surface area contributed by atoms with Gasteiger partial charge in [0.05, 0.1) is 15.2 Å². The number of alkyl halides is 2. The van der Waals surface area contributed by atoms with Crippen LogP contribution in [0.2, 0.25) is 5.02 Å². The van der Waals surface area contributed by atoms with Crippen LogP contribution in [-0.4, -0.2) is 17.6 Å². The van der Waals surface area contributed by atoms with Gasteiger partial charge in [-0.2, -0.15) is 0 Å². The highest BCUT2D eigenvalue weighted by atomic mass is 127. The highest BCUT2D eigenvalue weighted by Crippen LogP contribution is 2.27. The van der Waals surface area contributed by atoms with Gasteiger partial charge in [0.2, 0.25) is 0 Å². The van der Waals surface area contributed by atoms with Crippen molar-refractivity contribution in [2.24, 2.45) is 0 Å². The molecule has 0 aliphatic heterocycles. The zero-order valence-corrected chi connectivity index (χ0v) is 11.1. The highest BCUT2D eigenvalue weighted by Gasteiger charge is 2.20. The van der Waals surface area contributed by atoms with Crippen LogP contribution in [0.1, 0.15) is 29.5 Å². The molecule has 1 rings (SSSR count). The molecular formula is C9H7ClF2INO2. The van der Waals surface area contributed by atoms with Crippen molar-refractivity contribution in [1.29, 1.82) is 0 Å². The number of carbonyl (C=O) groups excluding carboxylic acids is 1. The van der Waals surface area contributed by atoms with Crippen molar-refractivity contribution in [2.45, 2.75) is 13.3 Å². The summed E-state index contributed by atoms with van der Waals surface area (Å²) in [5.41, 5.74) is -0.710. The number of hydrogen-bond acceptors (Lipinski definition) is 3. The Labute approximate surface area is 109 Å². The molecule has 0 saturated heterocycles. The minimum Gasteiger partial charge on any atom is -0.461 e. The number of ether oxygens (including phenoxy) is 1. The number of hydrogen-bond donors (Lipinski definition) is 0. The molecule has 7 heteroatoms. The first-order chi connectivity index (χ1) is 7.47. The second-order valence-corrected chi connectivity index (χ2v) is 4.20. The fourth-order valence-corrected chi connectivity index (χ4v) is 1.66. The minimum absolute atomic E-state index is 0.0638. The Morgan fingerprint density at radius 2 is 2.31 bits per heavy atom. The molecule has 0 saturated carbocycles. The topological polar surface area (TPSA) is 39.2 Å². The second kappa shape index (κ2) is 5.72. The molecule has 0 spiro atoms. The van der Waals surface area contributed by atoms with E-state index in [0.717, 1.165) is 6.07 Å². The predicted octanol–water partition coefficient (Wildman–Crippen LogP) is 3.45. The van der Waals surface area contributed by atoms with Crippen LogP contribution in [-0.2, 0) is 4.74 Å². The number of rotatable bonds is 3. The summed E-state index contributed by atoms with van der Waals surface area (Å²) < 4.78 is 29.9. The summed E-state index contributed by atoms with van der Waals surface area (Å²) in [6.07, 6.45) is -2.78. The van der Waals surface area contributed by atoms with Gasteiger partial charge in [-0.15, -0.1) is 0 Å². The van der Waals surface area contributed by atoms with Gasteiger partial charge < -0.3 is 4.74 Å². The fraction of sp³-hybridized carbons (Fsp3) is 0.333. The van der Waals surface area contributed by atoms with Crippen molar-refractivity contribution >= 4 is 40.2 Å². The third-order valence-electron chi connectivity index (χ3n) is 1.63. The van der Waals surface area contributed by atoms with Crippen LogP contribution in [0.5, 0.6) is 0 Å². The largest absolute Gasteiger partial charge is 0.461 e. The Morgan fingerprint density at radius 1 is 1.69 bits per heavy atom. The first kappa shape index (κ1) is 13.6. The molecule has 0 unspecified atom stereocenters. The number of carbonyl (C=O) groups is 1. The standard InChI is InChI=1S/C9H7ClF2INO2/c1-2-16-9(15)7-6(13)4(10)3-5(14-7)8(11)12/h3,8H,2H2,1H3. The van der Waals surface area contributed by atoms with Crippen LogP contribution < -0.4 is 0 Å². The van der Waals surface area contributed by atoms with Gasteiger partial charge in [-0.1, -0.05) is 11.6 Å². The van der Waals surface area contributed by atoms with Gasteiger partial charge >= 0.3 is 5.97 Å². The fourth-order valence-electron chi connectivity index (χ4n) is 0.963. The van der Waals surface area contributed by atoms with Crippen LogP contribution in [0.15, 0.2) is 6.07 Å². The van der Waals surface area contributed by atoms with Gasteiger partial charge in [0.15, 0.2) is 5.69 Å². The first-order valence-electron chi connectivity index (χ1n) is 4.28. The van der Waals surface area contributed by atoms with E-state index in [1.807, 2.05) is 0 Å². The maximum atomic E-state index is 12.4. The van der Waals surface area contributed by atoms with Crippen LogP contribution in [0.3, 0.4) is 0 Å². The van der Waals surface area contributed by atoms with E-state index < -0.39 is 18.1 Å². The number of nitrogens with zero attached hydrogens (tertiary/aromatic N) is 1. The quantitative estimate of drug-likeness (QED) is 0.611. The summed E-state index contributed by atoms with van der Waals surface area (Å²) in [6, 6.07) is 1.04. The Kier molecular flexibility index (Phi) is 4.85. The molecule has 0 N–H and O–H groups in total. The molecule has 0 amide bonds. The van der Waals surface area contributed by atoms with Gasteiger partial charge in [0.1, 0.15) is 5.69 Å². The van der Waals surface area contributed by atoms with Crippen molar-refractivity contribution < 1.29 is 18.3 Å². The monoisotopic (exact) mass is 361 g/mol. The second-order valence-electron chi connectivity index (χ2n) is 2.71. The zero-order chi connectivity index (χ0) is 12.3. The van der Waals surface area contributed by atoms with E-state index in [-0.39, 0.29) is 17.3 Å². The van der Waals surface area contributed by atoms with Gasteiger partial charge in [0.25, 0.3) is 6.43 Å². The summed E-state index contributed by atoms with van der Waals surface area (Å²) in [5, 5.41) is 0.0638. The summed E-state index contributed by atoms with van der Waals surface area (Å²) in [6.45, 7) is 1.76. The summed E-state index contributed by atoms with van der Waals surface area (Å²) in [4.78, 5) is 14.9. The van der Waals surface area contributed by atoms with E-state index >= 15 is 0 Å². The predicted molar refractivity (Wildman–Crippen MR) is 62.9 cm³/mol. The lowest BCUT2D eigenvalue weighted by Crippen LogP contribution is -2.11. The zero-order valence-electron chi connectivity index (χ0n) is 8.14. The van der Waals surface area contributed by atoms with E-state index in [2.05, 4.69) is 9.72 Å². The van der Waals surface area contributed by atoms with Crippen molar-refractivity contribution in [3.63, 3.8) is 0 Å². The molecule has 3 nitrogen and oxygen atoms in total. The summed E-state index contributed by atoms with van der Waals surface area (Å²) in [7, 11) is 0. The van der Waals surface area contributed by atoms with Crippen molar-refractivity contribution in [3.05, 3.63) is 26.0 Å². The molecule has 0 aliphatic rings. The van der Waals surface area contributed by atoms with Crippen LogP contribution in [0.25, 0.3) is 0 Å². The molecule has 0 bridgehead atoms. The molecule has 1 aromatic rings. The molecule has 0 atom stereocenters. The number of esters is 1. The van der Waals surface area contributed by atoms with E-state index in [1.165, 1.54) is 0 Å². The van der Waals surface area contributed by atoms with E-state index in [0.29, 0.717) is 3.57 Å². The normalized spacial score (nSPS) is 10.6. The first-order valence-corrected chi connectivity index (χ1v) is 5.74. The van der Waals surface area contributed by atoms with Crippen molar-refractivity contribution in [2.75, 3.05) is 6.61 Å². The molecule has 1 aromatic heterocycles. The number of pyridine rings is 1. The molecule has 16 heavy (non-hydrogen) atoms. The molecule has 0 aliphatic carbocycles. The van der Waals surface area contributed by atoms with Crippen LogP contribution in [0, 0.1) is 3.57 Å². The Hall–Kier alpha value is -0.500. The lowest BCUT2D eigenvalue weighted by molar-refractivity contribution is 0.0516. The maximum Gasteiger partial charge on any atom is 0.358 e. The lowest BCUT2D eigenvalue weighted by atomic mass is 10.3. The molecular weight excluding hydrogens is 354 g/mol. The molecule has 1 heterocycles. The summed E-state index contributed by atoms with van der Waals surface area (Å²) in [5.74, 6) is -0.753.